The first-order chi connectivity index (χ1) is 12.7. The van der Waals surface area contributed by atoms with Crippen LogP contribution in [0.5, 0.6) is 0 Å². The molecule has 0 fully saturated rings. The lowest BCUT2D eigenvalue weighted by molar-refractivity contribution is -0.145. The van der Waals surface area contributed by atoms with Crippen LogP contribution in [0.25, 0.3) is 0 Å². The molecule has 3 atom stereocenters. The molecule has 5 nitrogen and oxygen atoms in total. The summed E-state index contributed by atoms with van der Waals surface area (Å²) < 4.78 is 5.40. The van der Waals surface area contributed by atoms with Crippen molar-refractivity contribution in [3.63, 3.8) is 0 Å². The van der Waals surface area contributed by atoms with E-state index in [1.165, 1.54) is 5.56 Å². The summed E-state index contributed by atoms with van der Waals surface area (Å²) in [6, 6.07) is 19.9. The maximum Gasteiger partial charge on any atom is 0.308 e. The predicted molar refractivity (Wildman–Crippen MR) is 103 cm³/mol. The Morgan fingerprint density at radius 2 is 1.81 bits per heavy atom. The number of hydrogen-bond acceptors (Lipinski definition) is 5. The summed E-state index contributed by atoms with van der Waals surface area (Å²) in [5, 5.41) is 6.58. The molecular formula is C21H25N3O2. The average molecular weight is 351 g/mol. The molecule has 0 saturated carbocycles. The third-order valence-electron chi connectivity index (χ3n) is 4.56. The van der Waals surface area contributed by atoms with E-state index in [-0.39, 0.29) is 30.5 Å². The molecule has 0 aromatic heterocycles. The Hall–Kier alpha value is -2.66. The highest BCUT2D eigenvalue weighted by atomic mass is 16.5. The molecule has 1 aliphatic rings. The van der Waals surface area contributed by atoms with E-state index >= 15 is 0 Å². The summed E-state index contributed by atoms with van der Waals surface area (Å²) in [4.78, 5) is 17.0. The third-order valence-corrected chi connectivity index (χ3v) is 4.56. The number of nitrogens with one attached hydrogen (secondary N) is 2. The van der Waals surface area contributed by atoms with E-state index in [2.05, 4.69) is 29.7 Å². The van der Waals surface area contributed by atoms with E-state index < -0.39 is 0 Å². The first-order valence-electron chi connectivity index (χ1n) is 8.93. The molecule has 0 saturated heterocycles. The summed E-state index contributed by atoms with van der Waals surface area (Å²) in [6.07, 6.45) is 0.239. The fraction of sp³-hybridized carbons (Fsp3) is 0.333. The highest BCUT2D eigenvalue weighted by Gasteiger charge is 2.30. The number of amidine groups is 1. The second-order valence-corrected chi connectivity index (χ2v) is 6.49. The maximum absolute atomic E-state index is 12.2. The van der Waals surface area contributed by atoms with Crippen LogP contribution in [0.3, 0.4) is 0 Å². The Kier molecular flexibility index (Phi) is 6.02. The van der Waals surface area contributed by atoms with E-state index in [4.69, 9.17) is 9.73 Å². The molecule has 5 heteroatoms. The molecule has 136 valence electrons. The Morgan fingerprint density at radius 3 is 2.46 bits per heavy atom. The molecule has 0 aliphatic carbocycles. The highest BCUT2D eigenvalue weighted by Crippen LogP contribution is 2.26. The molecule has 0 amide bonds. The van der Waals surface area contributed by atoms with Crippen LogP contribution in [0.2, 0.25) is 0 Å². The fourth-order valence-corrected chi connectivity index (χ4v) is 3.11. The topological polar surface area (TPSA) is 62.7 Å². The number of hydrogen-bond donors (Lipinski definition) is 2. The maximum atomic E-state index is 12.2. The van der Waals surface area contributed by atoms with Crippen LogP contribution < -0.4 is 10.6 Å². The van der Waals surface area contributed by atoms with Crippen LogP contribution >= 0.6 is 0 Å². The minimum absolute atomic E-state index is 0.0578. The highest BCUT2D eigenvalue weighted by molar-refractivity contribution is 5.92. The lowest BCUT2D eigenvalue weighted by Gasteiger charge is -2.17. The smallest absolute Gasteiger partial charge is 0.308 e. The molecule has 26 heavy (non-hydrogen) atoms. The van der Waals surface area contributed by atoms with Gasteiger partial charge in [0.25, 0.3) is 0 Å². The predicted octanol–water partition coefficient (Wildman–Crippen LogP) is 2.84. The lowest BCUT2D eigenvalue weighted by atomic mass is 10.0. The van der Waals surface area contributed by atoms with Gasteiger partial charge < -0.3 is 15.4 Å². The number of likely N-dealkylation sites (N-methyl/N-ethyl adjacent to an activating group) is 1. The van der Waals surface area contributed by atoms with Crippen molar-refractivity contribution in [2.24, 2.45) is 4.99 Å². The zero-order chi connectivity index (χ0) is 18.4. The quantitative estimate of drug-likeness (QED) is 0.753. The van der Waals surface area contributed by atoms with E-state index in [0.717, 1.165) is 11.4 Å². The van der Waals surface area contributed by atoms with Gasteiger partial charge in [0, 0.05) is 0 Å². The van der Waals surface area contributed by atoms with Crippen molar-refractivity contribution in [2.75, 3.05) is 7.05 Å². The van der Waals surface area contributed by atoms with E-state index in [9.17, 15) is 4.79 Å². The van der Waals surface area contributed by atoms with Gasteiger partial charge in [-0.15, -0.1) is 0 Å². The lowest BCUT2D eigenvalue weighted by Crippen LogP contribution is -2.44. The van der Waals surface area contributed by atoms with Crippen LogP contribution in [0.1, 0.15) is 30.5 Å². The van der Waals surface area contributed by atoms with Gasteiger partial charge in [0.05, 0.1) is 24.5 Å². The van der Waals surface area contributed by atoms with Crippen LogP contribution in [0, 0.1) is 0 Å². The number of ether oxygens (including phenoxy) is 1. The Morgan fingerprint density at radius 1 is 1.15 bits per heavy atom. The zero-order valence-corrected chi connectivity index (χ0v) is 15.2. The summed E-state index contributed by atoms with van der Waals surface area (Å²) in [5.41, 5.74) is 2.15. The van der Waals surface area contributed by atoms with Crippen molar-refractivity contribution in [3.8, 4) is 0 Å². The van der Waals surface area contributed by atoms with Crippen LogP contribution in [-0.4, -0.2) is 30.9 Å². The Labute approximate surface area is 154 Å². The van der Waals surface area contributed by atoms with E-state index in [1.807, 2.05) is 55.6 Å². The van der Waals surface area contributed by atoms with Gasteiger partial charge in [-0.25, -0.2) is 0 Å². The monoisotopic (exact) mass is 351 g/mol. The summed E-state index contributed by atoms with van der Waals surface area (Å²) >= 11 is 0. The number of rotatable bonds is 7. The molecule has 0 spiro atoms. The normalized spacial score (nSPS) is 20.2. The number of nitrogens with zero attached hydrogens (tertiary/aromatic N) is 1. The largest absolute Gasteiger partial charge is 0.461 e. The molecular weight excluding hydrogens is 326 g/mol. The Bertz CT molecular complexity index is 746. The first kappa shape index (κ1) is 18.1. The van der Waals surface area contributed by atoms with Gasteiger partial charge in [0.1, 0.15) is 12.4 Å². The van der Waals surface area contributed by atoms with Crippen LogP contribution in [0.15, 0.2) is 65.7 Å². The van der Waals surface area contributed by atoms with Gasteiger partial charge in [-0.3, -0.25) is 9.79 Å². The molecule has 1 heterocycles. The molecule has 1 aliphatic heterocycles. The zero-order valence-electron chi connectivity index (χ0n) is 15.2. The average Bonchev–Trinajstić information content (AvgIpc) is 3.07. The van der Waals surface area contributed by atoms with Crippen molar-refractivity contribution in [1.82, 2.24) is 10.6 Å². The number of carbonyl (C=O) groups excluding carboxylic acids is 1. The van der Waals surface area contributed by atoms with Crippen LogP contribution in [-0.2, 0) is 16.1 Å². The summed E-state index contributed by atoms with van der Waals surface area (Å²) in [7, 11) is 1.83. The Balaban J connectivity index is 1.60. The molecule has 3 unspecified atom stereocenters. The van der Waals surface area contributed by atoms with Crippen molar-refractivity contribution >= 4 is 11.8 Å². The standard InChI is InChI=1S/C21H25N3O2/c1-15-20(17-11-7-4-8-12-17)24-21(23-15)18(22-2)13-19(25)26-14-16-9-5-3-6-10-16/h3-12,15,18,20,22H,13-14H2,1-2H3,(H,23,24). The second kappa shape index (κ2) is 8.63. The van der Waals surface area contributed by atoms with Gasteiger partial charge in [-0.2, -0.15) is 0 Å². The number of benzene rings is 2. The minimum atomic E-state index is -0.242. The van der Waals surface area contributed by atoms with Crippen molar-refractivity contribution < 1.29 is 9.53 Å². The van der Waals surface area contributed by atoms with Crippen molar-refractivity contribution in [1.29, 1.82) is 0 Å². The van der Waals surface area contributed by atoms with Gasteiger partial charge in [0.2, 0.25) is 0 Å². The first-order valence-corrected chi connectivity index (χ1v) is 8.93. The number of esters is 1. The van der Waals surface area contributed by atoms with Crippen molar-refractivity contribution in [2.45, 2.75) is 38.1 Å². The number of aliphatic imine (C=N–C) groups is 1. The molecule has 2 N–H and O–H groups in total. The molecule has 0 bridgehead atoms. The molecule has 0 radical (unpaired) electrons. The third kappa shape index (κ3) is 4.49. The van der Waals surface area contributed by atoms with Gasteiger partial charge >= 0.3 is 5.97 Å². The molecule has 3 rings (SSSR count). The van der Waals surface area contributed by atoms with Crippen molar-refractivity contribution in [3.05, 3.63) is 71.8 Å². The minimum Gasteiger partial charge on any atom is -0.461 e. The van der Waals surface area contributed by atoms with Gasteiger partial charge in [0.15, 0.2) is 0 Å². The SMILES string of the molecule is CNC(CC(=O)OCc1ccccc1)C1=NC(c2ccccc2)C(C)N1. The van der Waals surface area contributed by atoms with Crippen LogP contribution in [0.4, 0.5) is 0 Å². The fourth-order valence-electron chi connectivity index (χ4n) is 3.11. The molecule has 2 aromatic rings. The van der Waals surface area contributed by atoms with E-state index in [0.29, 0.717) is 6.61 Å². The molecule has 2 aromatic carbocycles. The van der Waals surface area contributed by atoms with Gasteiger partial charge in [-0.1, -0.05) is 60.7 Å². The number of carbonyl (C=O) groups is 1. The second-order valence-electron chi connectivity index (χ2n) is 6.49. The summed E-state index contributed by atoms with van der Waals surface area (Å²) in [5.74, 6) is 0.569. The van der Waals surface area contributed by atoms with Gasteiger partial charge in [-0.05, 0) is 25.1 Å². The van der Waals surface area contributed by atoms with E-state index in [1.54, 1.807) is 0 Å². The summed E-state index contributed by atoms with van der Waals surface area (Å²) in [6.45, 7) is 2.40.